The SMILES string of the molecule is CSc1ccc(C=C2CCCC3=C2Nc2nnnn2C3c2ccc(SC)cc2)cc1. The molecule has 1 N–H and O–H groups in total. The number of aromatic nitrogens is 4. The monoisotopic (exact) mass is 433 g/mol. The van der Waals surface area contributed by atoms with Crippen molar-refractivity contribution in [2.24, 2.45) is 0 Å². The molecule has 1 unspecified atom stereocenters. The fraction of sp³-hybridized carbons (Fsp3) is 0.261. The van der Waals surface area contributed by atoms with Gasteiger partial charge in [0.1, 0.15) is 6.04 Å². The van der Waals surface area contributed by atoms with Gasteiger partial charge < -0.3 is 5.32 Å². The molecule has 0 saturated heterocycles. The number of hydrogen-bond acceptors (Lipinski definition) is 6. The summed E-state index contributed by atoms with van der Waals surface area (Å²) in [7, 11) is 0. The molecule has 1 atom stereocenters. The lowest BCUT2D eigenvalue weighted by Crippen LogP contribution is -2.28. The van der Waals surface area contributed by atoms with Crippen molar-refractivity contribution in [1.29, 1.82) is 0 Å². The Morgan fingerprint density at radius 2 is 1.67 bits per heavy atom. The van der Waals surface area contributed by atoms with Crippen LogP contribution in [-0.4, -0.2) is 32.7 Å². The molecular weight excluding hydrogens is 410 g/mol. The molecule has 1 aliphatic carbocycles. The van der Waals surface area contributed by atoms with Crippen LogP contribution in [0.15, 0.2) is 75.2 Å². The maximum atomic E-state index is 4.31. The van der Waals surface area contributed by atoms with E-state index in [1.54, 1.807) is 23.5 Å². The van der Waals surface area contributed by atoms with E-state index >= 15 is 0 Å². The van der Waals surface area contributed by atoms with Crippen LogP contribution in [-0.2, 0) is 0 Å². The molecule has 2 heterocycles. The molecule has 1 aromatic heterocycles. The fourth-order valence-electron chi connectivity index (χ4n) is 4.24. The largest absolute Gasteiger partial charge is 0.323 e. The molecule has 0 radical (unpaired) electrons. The van der Waals surface area contributed by atoms with Gasteiger partial charge in [0, 0.05) is 15.5 Å². The lowest BCUT2D eigenvalue weighted by Gasteiger charge is -2.34. The maximum Gasteiger partial charge on any atom is 0.248 e. The molecule has 0 saturated carbocycles. The second-order valence-corrected chi connectivity index (χ2v) is 9.20. The highest BCUT2D eigenvalue weighted by Gasteiger charge is 2.33. The van der Waals surface area contributed by atoms with Gasteiger partial charge in [-0.05, 0) is 94.8 Å². The van der Waals surface area contributed by atoms with Crippen LogP contribution in [0.3, 0.4) is 0 Å². The third-order valence-corrected chi connectivity index (χ3v) is 7.21. The van der Waals surface area contributed by atoms with Crippen molar-refractivity contribution < 1.29 is 0 Å². The van der Waals surface area contributed by atoms with E-state index in [4.69, 9.17) is 0 Å². The maximum absolute atomic E-state index is 4.31. The normalized spacial score (nSPS) is 19.4. The Bertz CT molecular complexity index is 1110. The zero-order valence-corrected chi connectivity index (χ0v) is 18.6. The van der Waals surface area contributed by atoms with Crippen LogP contribution in [0.25, 0.3) is 6.08 Å². The van der Waals surface area contributed by atoms with E-state index in [-0.39, 0.29) is 6.04 Å². The van der Waals surface area contributed by atoms with Crippen molar-refractivity contribution in [1.82, 2.24) is 20.2 Å². The zero-order valence-electron chi connectivity index (χ0n) is 17.0. The second-order valence-electron chi connectivity index (χ2n) is 7.44. The van der Waals surface area contributed by atoms with Crippen LogP contribution < -0.4 is 5.32 Å². The molecule has 2 aromatic carbocycles. The smallest absolute Gasteiger partial charge is 0.248 e. The quantitative estimate of drug-likeness (QED) is 0.536. The molecule has 3 aromatic rings. The Morgan fingerprint density at radius 3 is 2.37 bits per heavy atom. The van der Waals surface area contributed by atoms with Gasteiger partial charge in [-0.3, -0.25) is 0 Å². The van der Waals surface area contributed by atoms with Crippen molar-refractivity contribution in [3.8, 4) is 0 Å². The molecule has 2 aliphatic rings. The third kappa shape index (κ3) is 3.56. The number of hydrogen-bond donors (Lipinski definition) is 1. The van der Waals surface area contributed by atoms with Crippen LogP contribution in [0, 0.1) is 0 Å². The number of nitrogens with zero attached hydrogens (tertiary/aromatic N) is 4. The Labute approximate surface area is 185 Å². The number of rotatable bonds is 4. The Kier molecular flexibility index (Phi) is 5.39. The van der Waals surface area contributed by atoms with E-state index in [0.29, 0.717) is 5.95 Å². The van der Waals surface area contributed by atoms with E-state index in [2.05, 4.69) is 88.0 Å². The number of anilines is 1. The molecule has 1 aliphatic heterocycles. The molecule has 0 amide bonds. The highest BCUT2D eigenvalue weighted by molar-refractivity contribution is 7.98. The van der Waals surface area contributed by atoms with E-state index in [1.165, 1.54) is 37.8 Å². The minimum atomic E-state index is 0.0322. The van der Waals surface area contributed by atoms with Gasteiger partial charge in [0.15, 0.2) is 0 Å². The van der Waals surface area contributed by atoms with Crippen molar-refractivity contribution in [3.05, 3.63) is 76.5 Å². The first-order valence-electron chi connectivity index (χ1n) is 10.0. The highest BCUT2D eigenvalue weighted by Crippen LogP contribution is 2.43. The molecule has 5 rings (SSSR count). The molecule has 0 spiro atoms. The average molecular weight is 434 g/mol. The first-order valence-corrected chi connectivity index (χ1v) is 12.5. The summed E-state index contributed by atoms with van der Waals surface area (Å²) in [5, 5.41) is 16.0. The van der Waals surface area contributed by atoms with Crippen LogP contribution in [0.1, 0.15) is 36.4 Å². The predicted octanol–water partition coefficient (Wildman–Crippen LogP) is 5.65. The summed E-state index contributed by atoms with van der Waals surface area (Å²) in [6, 6.07) is 17.6. The Balaban J connectivity index is 1.58. The number of allylic oxidation sites excluding steroid dienone is 2. The minimum absolute atomic E-state index is 0.0322. The van der Waals surface area contributed by atoms with Gasteiger partial charge in [-0.25, -0.2) is 0 Å². The Morgan fingerprint density at radius 1 is 0.967 bits per heavy atom. The standard InChI is InChI=1S/C23H23N5S2/c1-29-18-10-6-15(7-11-18)14-17-4-3-5-20-21(17)24-23-25-26-27-28(23)22(20)16-8-12-19(30-2)13-9-16/h6-14,22H,3-5H2,1-2H3,(H,24,25,27). The van der Waals surface area contributed by atoms with Crippen molar-refractivity contribution >= 4 is 35.5 Å². The average Bonchev–Trinajstić information content (AvgIpc) is 3.27. The van der Waals surface area contributed by atoms with Crippen molar-refractivity contribution in [2.45, 2.75) is 35.1 Å². The van der Waals surface area contributed by atoms with Crippen molar-refractivity contribution in [2.75, 3.05) is 17.8 Å². The van der Waals surface area contributed by atoms with Gasteiger partial charge in [-0.2, -0.15) is 4.68 Å². The molecule has 5 nitrogen and oxygen atoms in total. The van der Waals surface area contributed by atoms with Crippen LogP contribution in [0.5, 0.6) is 0 Å². The number of benzene rings is 2. The van der Waals surface area contributed by atoms with E-state index in [0.717, 1.165) is 19.3 Å². The van der Waals surface area contributed by atoms with Gasteiger partial charge in [0.2, 0.25) is 5.95 Å². The van der Waals surface area contributed by atoms with E-state index in [1.807, 2.05) is 4.68 Å². The molecular formula is C23H23N5S2. The fourth-order valence-corrected chi connectivity index (χ4v) is 5.06. The minimum Gasteiger partial charge on any atom is -0.323 e. The predicted molar refractivity (Wildman–Crippen MR) is 125 cm³/mol. The van der Waals surface area contributed by atoms with E-state index in [9.17, 15) is 0 Å². The summed E-state index contributed by atoms with van der Waals surface area (Å²) >= 11 is 3.52. The van der Waals surface area contributed by atoms with Gasteiger partial charge in [-0.1, -0.05) is 29.4 Å². The molecule has 30 heavy (non-hydrogen) atoms. The second kappa shape index (κ2) is 8.32. The molecule has 7 heteroatoms. The molecule has 0 fully saturated rings. The number of nitrogens with one attached hydrogen (secondary N) is 1. The first kappa shape index (κ1) is 19.5. The van der Waals surface area contributed by atoms with Gasteiger partial charge in [-0.15, -0.1) is 23.5 Å². The van der Waals surface area contributed by atoms with Gasteiger partial charge >= 0.3 is 0 Å². The summed E-state index contributed by atoms with van der Waals surface area (Å²) in [5.41, 5.74) is 6.33. The summed E-state index contributed by atoms with van der Waals surface area (Å²) in [5.74, 6) is 0.707. The lowest BCUT2D eigenvalue weighted by atomic mass is 9.83. The van der Waals surface area contributed by atoms with Crippen LogP contribution in [0.2, 0.25) is 0 Å². The van der Waals surface area contributed by atoms with E-state index < -0.39 is 0 Å². The topological polar surface area (TPSA) is 55.6 Å². The molecule has 152 valence electrons. The third-order valence-electron chi connectivity index (χ3n) is 5.73. The number of tetrazole rings is 1. The van der Waals surface area contributed by atoms with Crippen LogP contribution in [0.4, 0.5) is 5.95 Å². The highest BCUT2D eigenvalue weighted by atomic mass is 32.2. The lowest BCUT2D eigenvalue weighted by molar-refractivity contribution is 0.524. The van der Waals surface area contributed by atoms with Gasteiger partial charge in [0.25, 0.3) is 0 Å². The molecule has 0 bridgehead atoms. The Hall–Kier alpha value is -2.51. The van der Waals surface area contributed by atoms with Gasteiger partial charge in [0.05, 0.1) is 0 Å². The summed E-state index contributed by atoms with van der Waals surface area (Å²) in [6.07, 6.45) is 9.73. The summed E-state index contributed by atoms with van der Waals surface area (Å²) in [6.45, 7) is 0. The number of fused-ring (bicyclic) bond motifs is 1. The number of thioether (sulfide) groups is 2. The van der Waals surface area contributed by atoms with Crippen LogP contribution >= 0.6 is 23.5 Å². The summed E-state index contributed by atoms with van der Waals surface area (Å²) in [4.78, 5) is 2.54. The summed E-state index contributed by atoms with van der Waals surface area (Å²) < 4.78 is 1.92. The first-order chi connectivity index (χ1) is 14.8. The zero-order chi connectivity index (χ0) is 20.5. The van der Waals surface area contributed by atoms with Crippen molar-refractivity contribution in [3.63, 3.8) is 0 Å².